The summed E-state index contributed by atoms with van der Waals surface area (Å²) in [5.41, 5.74) is 2.78. The highest BCUT2D eigenvalue weighted by atomic mass is 16.5. The normalized spacial score (nSPS) is 10.8. The summed E-state index contributed by atoms with van der Waals surface area (Å²) < 4.78 is 6.99. The molecule has 0 aliphatic rings. The third kappa shape index (κ3) is 4.82. The van der Waals surface area contributed by atoms with Crippen LogP contribution in [0.5, 0.6) is 5.75 Å². The molecule has 1 heterocycles. The molecule has 0 saturated carbocycles. The summed E-state index contributed by atoms with van der Waals surface area (Å²) in [4.78, 5) is 23.3. The molecule has 0 unspecified atom stereocenters. The number of hydrogen-bond donors (Lipinski definition) is 2. The third-order valence-electron chi connectivity index (χ3n) is 3.45. The predicted molar refractivity (Wildman–Crippen MR) is 91.0 cm³/mol. The number of benzene rings is 1. The van der Waals surface area contributed by atoms with E-state index < -0.39 is 5.91 Å². The van der Waals surface area contributed by atoms with Crippen LogP contribution in [0.3, 0.4) is 0 Å². The number of amides is 1. The van der Waals surface area contributed by atoms with E-state index in [4.69, 9.17) is 9.94 Å². The van der Waals surface area contributed by atoms with Crippen molar-refractivity contribution >= 4 is 12.0 Å². The van der Waals surface area contributed by atoms with Gasteiger partial charge in [-0.25, -0.2) is 5.48 Å². The summed E-state index contributed by atoms with van der Waals surface area (Å²) in [7, 11) is 0. The molecule has 0 bridgehead atoms. The van der Waals surface area contributed by atoms with E-state index in [0.717, 1.165) is 17.4 Å². The Balaban J connectivity index is 2.06. The van der Waals surface area contributed by atoms with E-state index in [1.54, 1.807) is 22.9 Å². The molecular formula is C18H20N2O4. The average Bonchev–Trinajstić information content (AvgIpc) is 2.61. The summed E-state index contributed by atoms with van der Waals surface area (Å²) in [5.74, 6) is 0.145. The lowest BCUT2D eigenvalue weighted by atomic mass is 10.1. The molecule has 0 spiro atoms. The largest absolute Gasteiger partial charge is 0.494 e. The van der Waals surface area contributed by atoms with Gasteiger partial charge in [-0.15, -0.1) is 0 Å². The molecule has 2 N–H and O–H groups in total. The van der Waals surface area contributed by atoms with Crippen LogP contribution >= 0.6 is 0 Å². The third-order valence-corrected chi connectivity index (χ3v) is 3.45. The summed E-state index contributed by atoms with van der Waals surface area (Å²) in [6, 6.07) is 11.1. The van der Waals surface area contributed by atoms with Crippen molar-refractivity contribution < 1.29 is 14.7 Å². The molecule has 0 aliphatic heterocycles. The Bertz CT molecular complexity index is 763. The van der Waals surface area contributed by atoms with Crippen molar-refractivity contribution in [3.63, 3.8) is 0 Å². The van der Waals surface area contributed by atoms with E-state index in [0.29, 0.717) is 25.1 Å². The highest BCUT2D eigenvalue weighted by Crippen LogP contribution is 2.12. The van der Waals surface area contributed by atoms with Crippen LogP contribution < -0.4 is 15.8 Å². The van der Waals surface area contributed by atoms with E-state index in [2.05, 4.69) is 0 Å². The van der Waals surface area contributed by atoms with Gasteiger partial charge in [-0.05, 0) is 49.2 Å². The Hall–Kier alpha value is -2.86. The van der Waals surface area contributed by atoms with Crippen LogP contribution in [0.4, 0.5) is 0 Å². The minimum atomic E-state index is -0.681. The van der Waals surface area contributed by atoms with Crippen LogP contribution in [0.2, 0.25) is 0 Å². The number of pyridine rings is 1. The van der Waals surface area contributed by atoms with Gasteiger partial charge in [0.15, 0.2) is 0 Å². The SMILES string of the molecule is CCOc1ccc(CCn2cccc(/C=C/C(=O)NO)c2=O)cc1. The lowest BCUT2D eigenvalue weighted by Crippen LogP contribution is -2.22. The van der Waals surface area contributed by atoms with Gasteiger partial charge < -0.3 is 9.30 Å². The second kappa shape index (κ2) is 8.69. The topological polar surface area (TPSA) is 80.6 Å². The fraction of sp³-hybridized carbons (Fsp3) is 0.222. The number of carbonyl (C=O) groups excluding carboxylic acids is 1. The molecule has 2 rings (SSSR count). The zero-order valence-electron chi connectivity index (χ0n) is 13.4. The monoisotopic (exact) mass is 328 g/mol. The van der Waals surface area contributed by atoms with E-state index in [-0.39, 0.29) is 5.56 Å². The number of carbonyl (C=O) groups is 1. The van der Waals surface area contributed by atoms with Crippen LogP contribution in [0.25, 0.3) is 6.08 Å². The second-order valence-electron chi connectivity index (χ2n) is 5.10. The van der Waals surface area contributed by atoms with E-state index in [1.807, 2.05) is 31.2 Å². The summed E-state index contributed by atoms with van der Waals surface area (Å²) in [5, 5.41) is 8.46. The summed E-state index contributed by atoms with van der Waals surface area (Å²) in [6.07, 6.45) is 4.89. The van der Waals surface area contributed by atoms with Crippen LogP contribution in [-0.4, -0.2) is 22.3 Å². The summed E-state index contributed by atoms with van der Waals surface area (Å²) in [6.45, 7) is 3.09. The fourth-order valence-corrected chi connectivity index (χ4v) is 2.23. The van der Waals surface area contributed by atoms with Gasteiger partial charge in [-0.3, -0.25) is 14.8 Å². The average molecular weight is 328 g/mol. The van der Waals surface area contributed by atoms with Crippen molar-refractivity contribution in [2.75, 3.05) is 6.61 Å². The number of hydrogen-bond acceptors (Lipinski definition) is 4. The Labute approximate surface area is 140 Å². The van der Waals surface area contributed by atoms with Gasteiger partial charge in [0, 0.05) is 24.4 Å². The molecule has 1 aromatic carbocycles. The summed E-state index contributed by atoms with van der Waals surface area (Å²) >= 11 is 0. The number of ether oxygens (including phenoxy) is 1. The standard InChI is InChI=1S/C18H20N2O4/c1-2-24-16-8-5-14(6-9-16)11-13-20-12-3-4-15(18(20)22)7-10-17(21)19-23/h3-10,12,23H,2,11,13H2,1H3,(H,19,21)/b10-7+. The molecule has 0 atom stereocenters. The minimum Gasteiger partial charge on any atom is -0.494 e. The van der Waals surface area contributed by atoms with Crippen molar-refractivity contribution in [2.45, 2.75) is 19.9 Å². The molecule has 1 aromatic heterocycles. The maximum atomic E-state index is 12.3. The molecule has 6 heteroatoms. The number of aromatic nitrogens is 1. The highest BCUT2D eigenvalue weighted by Gasteiger charge is 2.02. The van der Waals surface area contributed by atoms with E-state index in [9.17, 15) is 9.59 Å². The van der Waals surface area contributed by atoms with Gasteiger partial charge in [-0.1, -0.05) is 12.1 Å². The Morgan fingerprint density at radius 2 is 2.04 bits per heavy atom. The zero-order valence-corrected chi connectivity index (χ0v) is 13.4. The first-order chi connectivity index (χ1) is 11.6. The van der Waals surface area contributed by atoms with Crippen molar-refractivity contribution in [3.8, 4) is 5.75 Å². The van der Waals surface area contributed by atoms with Gasteiger partial charge in [0.1, 0.15) is 5.75 Å². The van der Waals surface area contributed by atoms with Gasteiger partial charge >= 0.3 is 0 Å². The number of aryl methyl sites for hydroxylation is 2. The smallest absolute Gasteiger partial charge is 0.267 e. The van der Waals surface area contributed by atoms with Crippen LogP contribution in [0.1, 0.15) is 18.1 Å². The molecule has 0 fully saturated rings. The van der Waals surface area contributed by atoms with Crippen molar-refractivity contribution in [1.82, 2.24) is 10.0 Å². The van der Waals surface area contributed by atoms with Gasteiger partial charge in [0.2, 0.25) is 0 Å². The van der Waals surface area contributed by atoms with Crippen molar-refractivity contribution in [3.05, 3.63) is 70.2 Å². The first kappa shape index (κ1) is 17.5. The first-order valence-electron chi connectivity index (χ1n) is 7.67. The van der Waals surface area contributed by atoms with Gasteiger partial charge in [0.05, 0.1) is 6.61 Å². The Morgan fingerprint density at radius 3 is 2.71 bits per heavy atom. The maximum Gasteiger partial charge on any atom is 0.267 e. The number of nitrogens with zero attached hydrogens (tertiary/aromatic N) is 1. The maximum absolute atomic E-state index is 12.3. The molecule has 6 nitrogen and oxygen atoms in total. The zero-order chi connectivity index (χ0) is 17.4. The predicted octanol–water partition coefficient (Wildman–Crippen LogP) is 2.01. The molecule has 0 radical (unpaired) electrons. The lowest BCUT2D eigenvalue weighted by molar-refractivity contribution is -0.124. The number of rotatable bonds is 7. The molecular weight excluding hydrogens is 308 g/mol. The lowest BCUT2D eigenvalue weighted by Gasteiger charge is -2.08. The van der Waals surface area contributed by atoms with Crippen molar-refractivity contribution in [2.24, 2.45) is 0 Å². The quantitative estimate of drug-likeness (QED) is 0.463. The fourth-order valence-electron chi connectivity index (χ4n) is 2.23. The van der Waals surface area contributed by atoms with Crippen LogP contribution in [-0.2, 0) is 17.8 Å². The van der Waals surface area contributed by atoms with Crippen molar-refractivity contribution in [1.29, 1.82) is 0 Å². The minimum absolute atomic E-state index is 0.189. The Kier molecular flexibility index (Phi) is 6.33. The van der Waals surface area contributed by atoms with E-state index >= 15 is 0 Å². The molecule has 0 saturated heterocycles. The van der Waals surface area contributed by atoms with E-state index in [1.165, 1.54) is 11.6 Å². The Morgan fingerprint density at radius 1 is 1.29 bits per heavy atom. The highest BCUT2D eigenvalue weighted by molar-refractivity contribution is 5.90. The first-order valence-corrected chi connectivity index (χ1v) is 7.67. The number of hydroxylamine groups is 1. The van der Waals surface area contributed by atoms with Gasteiger partial charge in [0.25, 0.3) is 11.5 Å². The molecule has 126 valence electrons. The number of nitrogens with one attached hydrogen (secondary N) is 1. The molecule has 1 amide bonds. The van der Waals surface area contributed by atoms with Gasteiger partial charge in [-0.2, -0.15) is 0 Å². The molecule has 24 heavy (non-hydrogen) atoms. The van der Waals surface area contributed by atoms with Crippen LogP contribution in [0.15, 0.2) is 53.5 Å². The van der Waals surface area contributed by atoms with Crippen LogP contribution in [0, 0.1) is 0 Å². The molecule has 0 aliphatic carbocycles. The second-order valence-corrected chi connectivity index (χ2v) is 5.10. The molecule has 2 aromatic rings.